The van der Waals surface area contributed by atoms with E-state index in [1.54, 1.807) is 0 Å². The molecule has 5 heteroatoms. The van der Waals surface area contributed by atoms with Gasteiger partial charge in [-0.05, 0) is 5.56 Å². The molecule has 0 aliphatic heterocycles. The Morgan fingerprint density at radius 2 is 2.00 bits per heavy atom. The summed E-state index contributed by atoms with van der Waals surface area (Å²) in [5, 5.41) is 11.4. The third kappa shape index (κ3) is 2.77. The van der Waals surface area contributed by atoms with Crippen LogP contribution in [0.2, 0.25) is 0 Å². The number of nitriles is 1. The molecular weight excluding hydrogens is 178 g/mol. The van der Waals surface area contributed by atoms with Gasteiger partial charge in [0.25, 0.3) is 0 Å². The standard InChI is InChI=1S/C9H10N5/c10-6-13-9(12)14-8(11)7-4-2-1-3-5-7/h1-5,8H,11H2,(H2,12,14). The summed E-state index contributed by atoms with van der Waals surface area (Å²) >= 11 is 0. The van der Waals surface area contributed by atoms with Gasteiger partial charge in [0.2, 0.25) is 12.2 Å². The van der Waals surface area contributed by atoms with Gasteiger partial charge < -0.3 is 11.5 Å². The Morgan fingerprint density at radius 3 is 2.57 bits per heavy atom. The lowest BCUT2D eigenvalue weighted by Gasteiger charge is -2.06. The molecule has 0 aliphatic rings. The zero-order valence-corrected chi connectivity index (χ0v) is 7.46. The van der Waals surface area contributed by atoms with Crippen LogP contribution in [0.5, 0.6) is 0 Å². The third-order valence-electron chi connectivity index (χ3n) is 1.58. The summed E-state index contributed by atoms with van der Waals surface area (Å²) in [6, 6.07) is 9.23. The van der Waals surface area contributed by atoms with Gasteiger partial charge in [-0.3, -0.25) is 0 Å². The highest BCUT2D eigenvalue weighted by Crippen LogP contribution is 2.09. The Morgan fingerprint density at radius 1 is 1.36 bits per heavy atom. The first kappa shape index (κ1) is 10.0. The Kier molecular flexibility index (Phi) is 3.47. The summed E-state index contributed by atoms with van der Waals surface area (Å²) in [5.74, 6) is -0.108. The van der Waals surface area contributed by atoms with Gasteiger partial charge in [-0.2, -0.15) is 5.26 Å². The van der Waals surface area contributed by atoms with Crippen LogP contribution in [0, 0.1) is 11.5 Å². The number of hydrogen-bond donors (Lipinski definition) is 2. The molecule has 1 aromatic carbocycles. The van der Waals surface area contributed by atoms with Crippen molar-refractivity contribution in [3.8, 4) is 6.19 Å². The van der Waals surface area contributed by atoms with E-state index in [0.717, 1.165) is 5.56 Å². The predicted octanol–water partition coefficient (Wildman–Crippen LogP) is 0.0441. The monoisotopic (exact) mass is 188 g/mol. The number of benzene rings is 1. The zero-order valence-electron chi connectivity index (χ0n) is 7.46. The minimum Gasteiger partial charge on any atom is -0.367 e. The topological polar surface area (TPSA) is 102 Å². The van der Waals surface area contributed by atoms with Crippen LogP contribution < -0.4 is 16.8 Å². The maximum absolute atomic E-state index is 8.20. The summed E-state index contributed by atoms with van der Waals surface area (Å²) in [7, 11) is 0. The summed E-state index contributed by atoms with van der Waals surface area (Å²) in [4.78, 5) is 3.82. The molecule has 0 bridgehead atoms. The molecule has 0 fully saturated rings. The van der Waals surface area contributed by atoms with Crippen molar-refractivity contribution in [3.05, 3.63) is 35.9 Å². The van der Waals surface area contributed by atoms with Crippen molar-refractivity contribution >= 4 is 5.96 Å². The van der Waals surface area contributed by atoms with Gasteiger partial charge >= 0.3 is 0 Å². The summed E-state index contributed by atoms with van der Waals surface area (Å²) in [6.45, 7) is 0. The van der Waals surface area contributed by atoms with Gasteiger partial charge in [-0.25, -0.2) is 4.99 Å². The van der Waals surface area contributed by atoms with Crippen molar-refractivity contribution in [2.75, 3.05) is 0 Å². The fourth-order valence-corrected chi connectivity index (χ4v) is 0.947. The van der Waals surface area contributed by atoms with E-state index >= 15 is 0 Å². The van der Waals surface area contributed by atoms with Crippen LogP contribution in [0.15, 0.2) is 35.3 Å². The lowest BCUT2D eigenvalue weighted by molar-refractivity contribution is 0.768. The predicted molar refractivity (Wildman–Crippen MR) is 52.7 cm³/mol. The van der Waals surface area contributed by atoms with Crippen LogP contribution in [0.25, 0.3) is 0 Å². The summed E-state index contributed by atoms with van der Waals surface area (Å²) < 4.78 is 0. The van der Waals surface area contributed by atoms with Crippen LogP contribution in [0.4, 0.5) is 0 Å². The molecule has 14 heavy (non-hydrogen) atoms. The Bertz CT molecular complexity index is 351. The van der Waals surface area contributed by atoms with E-state index in [1.807, 2.05) is 30.3 Å². The maximum atomic E-state index is 8.20. The molecule has 1 rings (SSSR count). The molecule has 0 saturated carbocycles. The van der Waals surface area contributed by atoms with Crippen LogP contribution in [-0.4, -0.2) is 5.96 Å². The van der Waals surface area contributed by atoms with Gasteiger partial charge in [0, 0.05) is 0 Å². The highest BCUT2D eigenvalue weighted by molar-refractivity contribution is 5.79. The summed E-state index contributed by atoms with van der Waals surface area (Å²) in [5.41, 5.74) is 11.8. The van der Waals surface area contributed by atoms with E-state index in [0.29, 0.717) is 0 Å². The second-order valence-corrected chi connectivity index (χ2v) is 2.55. The average Bonchev–Trinajstić information content (AvgIpc) is 2.19. The molecule has 0 amide bonds. The SMILES string of the molecule is N#C[N]C(N)=NC(N)c1ccccc1. The van der Waals surface area contributed by atoms with E-state index in [9.17, 15) is 0 Å². The van der Waals surface area contributed by atoms with E-state index in [2.05, 4.69) is 10.3 Å². The molecule has 0 heterocycles. The Hall–Kier alpha value is -2.06. The Balaban J connectivity index is 2.73. The van der Waals surface area contributed by atoms with Gasteiger partial charge in [-0.15, -0.1) is 5.32 Å². The number of hydrogen-bond acceptors (Lipinski definition) is 3. The fraction of sp³-hybridized carbons (Fsp3) is 0.111. The van der Waals surface area contributed by atoms with Crippen LogP contribution in [-0.2, 0) is 0 Å². The summed E-state index contributed by atoms with van der Waals surface area (Å²) in [6.07, 6.45) is 0.962. The van der Waals surface area contributed by atoms with Gasteiger partial charge in [-0.1, -0.05) is 30.3 Å². The molecule has 0 aliphatic carbocycles. The van der Waals surface area contributed by atoms with Gasteiger partial charge in [0.1, 0.15) is 6.17 Å². The normalized spacial score (nSPS) is 13.0. The second-order valence-electron chi connectivity index (χ2n) is 2.55. The number of aliphatic imine (C=N–C) groups is 1. The molecule has 1 radical (unpaired) electrons. The van der Waals surface area contributed by atoms with Crippen molar-refractivity contribution in [1.29, 1.82) is 5.26 Å². The first-order valence-electron chi connectivity index (χ1n) is 3.97. The number of rotatable bonds is 2. The van der Waals surface area contributed by atoms with E-state index < -0.39 is 6.17 Å². The molecule has 0 spiro atoms. The van der Waals surface area contributed by atoms with Crippen LogP contribution in [0.3, 0.4) is 0 Å². The molecule has 0 saturated heterocycles. The third-order valence-corrected chi connectivity index (χ3v) is 1.58. The minimum atomic E-state index is -0.576. The molecule has 1 atom stereocenters. The molecule has 4 N–H and O–H groups in total. The lowest BCUT2D eigenvalue weighted by atomic mass is 10.2. The molecular formula is C9H10N5. The smallest absolute Gasteiger partial charge is 0.228 e. The maximum Gasteiger partial charge on any atom is 0.228 e. The minimum absolute atomic E-state index is 0.108. The zero-order chi connectivity index (χ0) is 10.4. The van der Waals surface area contributed by atoms with E-state index in [-0.39, 0.29) is 5.96 Å². The van der Waals surface area contributed by atoms with Crippen LogP contribution in [0.1, 0.15) is 11.7 Å². The first-order valence-corrected chi connectivity index (χ1v) is 3.97. The molecule has 1 aromatic rings. The first-order chi connectivity index (χ1) is 6.74. The highest BCUT2D eigenvalue weighted by atomic mass is 15.1. The lowest BCUT2D eigenvalue weighted by Crippen LogP contribution is -2.24. The quantitative estimate of drug-likeness (QED) is 0.389. The molecule has 1 unspecified atom stereocenters. The largest absolute Gasteiger partial charge is 0.367 e. The molecule has 71 valence electrons. The van der Waals surface area contributed by atoms with Crippen molar-refractivity contribution in [3.63, 3.8) is 0 Å². The molecule has 5 nitrogen and oxygen atoms in total. The van der Waals surface area contributed by atoms with Crippen molar-refractivity contribution in [1.82, 2.24) is 5.32 Å². The van der Waals surface area contributed by atoms with Crippen molar-refractivity contribution in [2.45, 2.75) is 6.17 Å². The van der Waals surface area contributed by atoms with Gasteiger partial charge in [0.15, 0.2) is 0 Å². The number of nitrogens with zero attached hydrogens (tertiary/aromatic N) is 3. The fourth-order valence-electron chi connectivity index (χ4n) is 0.947. The Labute approximate surface area is 82.0 Å². The highest BCUT2D eigenvalue weighted by Gasteiger charge is 2.03. The second kappa shape index (κ2) is 4.84. The van der Waals surface area contributed by atoms with Crippen molar-refractivity contribution < 1.29 is 0 Å². The van der Waals surface area contributed by atoms with Crippen molar-refractivity contribution in [2.24, 2.45) is 16.5 Å². The van der Waals surface area contributed by atoms with Crippen LogP contribution >= 0.6 is 0 Å². The molecule has 0 aromatic heterocycles. The van der Waals surface area contributed by atoms with E-state index in [4.69, 9.17) is 16.7 Å². The average molecular weight is 188 g/mol. The number of guanidine groups is 1. The van der Waals surface area contributed by atoms with Gasteiger partial charge in [0.05, 0.1) is 0 Å². The number of nitrogens with two attached hydrogens (primary N) is 2. The van der Waals surface area contributed by atoms with E-state index in [1.165, 1.54) is 6.19 Å².